The van der Waals surface area contributed by atoms with E-state index >= 15 is 0 Å². The van der Waals surface area contributed by atoms with Crippen LogP contribution in [0.1, 0.15) is 57.1 Å². The van der Waals surface area contributed by atoms with Gasteiger partial charge < -0.3 is 19.7 Å². The van der Waals surface area contributed by atoms with Crippen LogP contribution in [0.5, 0.6) is 0 Å². The van der Waals surface area contributed by atoms with Crippen LogP contribution in [0.2, 0.25) is 0 Å². The molecule has 1 aliphatic carbocycles. The number of aliphatic hydroxyl groups excluding tert-OH is 1. The number of ether oxygens (including phenoxy) is 2. The molecule has 0 amide bonds. The highest BCUT2D eigenvalue weighted by Gasteiger charge is 2.41. The molecule has 0 radical (unpaired) electrons. The van der Waals surface area contributed by atoms with Gasteiger partial charge in [-0.05, 0) is 42.9 Å². The summed E-state index contributed by atoms with van der Waals surface area (Å²) in [5.74, 6) is 4.06. The molecule has 0 aromatic heterocycles. The van der Waals surface area contributed by atoms with Gasteiger partial charge in [0.1, 0.15) is 17.2 Å². The van der Waals surface area contributed by atoms with Gasteiger partial charge in [-0.3, -0.25) is 0 Å². The summed E-state index contributed by atoms with van der Waals surface area (Å²) >= 11 is 0. The second-order valence-electron chi connectivity index (χ2n) is 8.15. The molecule has 1 atom stereocenters. The molecule has 3 rings (SSSR count). The molecule has 1 aliphatic heterocycles. The zero-order chi connectivity index (χ0) is 21.1. The van der Waals surface area contributed by atoms with Crippen molar-refractivity contribution in [1.29, 1.82) is 0 Å². The monoisotopic (exact) mass is 402 g/mol. The van der Waals surface area contributed by atoms with Crippen LogP contribution in [0.4, 0.5) is 4.39 Å². The predicted molar refractivity (Wildman–Crippen MR) is 105 cm³/mol. The topological polar surface area (TPSA) is 76.0 Å². The molecule has 156 valence electrons. The van der Waals surface area contributed by atoms with E-state index in [9.17, 15) is 14.3 Å². The van der Waals surface area contributed by atoms with Crippen LogP contribution in [0.15, 0.2) is 30.0 Å². The average molecular weight is 402 g/mol. The fraction of sp³-hybridized carbons (Fsp3) is 0.522. The minimum Gasteiger partial charge on any atom is -0.457 e. The minimum absolute atomic E-state index is 0.0564. The molecule has 2 aliphatic rings. The number of cyclic esters (lactones) is 1. The Hall–Kier alpha value is -2.36. The van der Waals surface area contributed by atoms with Crippen LogP contribution < -0.4 is 0 Å². The maximum atomic E-state index is 14.1. The summed E-state index contributed by atoms with van der Waals surface area (Å²) in [4.78, 5) is 11.8. The number of hydrogen-bond donors (Lipinski definition) is 2. The van der Waals surface area contributed by atoms with Gasteiger partial charge in [-0.25, -0.2) is 9.18 Å². The molecule has 1 heterocycles. The maximum Gasteiger partial charge on any atom is 0.337 e. The van der Waals surface area contributed by atoms with E-state index in [0.29, 0.717) is 16.9 Å². The van der Waals surface area contributed by atoms with Gasteiger partial charge in [0.2, 0.25) is 5.79 Å². The van der Waals surface area contributed by atoms with E-state index in [1.807, 2.05) is 0 Å². The van der Waals surface area contributed by atoms with Gasteiger partial charge in [-0.1, -0.05) is 30.7 Å². The number of esters is 1. The lowest BCUT2D eigenvalue weighted by molar-refractivity contribution is -0.207. The Morgan fingerprint density at radius 3 is 2.62 bits per heavy atom. The average Bonchev–Trinajstić information content (AvgIpc) is 3.16. The number of halogens is 1. The van der Waals surface area contributed by atoms with Crippen molar-refractivity contribution in [2.75, 3.05) is 6.61 Å². The Morgan fingerprint density at radius 2 is 2.00 bits per heavy atom. The van der Waals surface area contributed by atoms with Crippen LogP contribution in [-0.4, -0.2) is 34.2 Å². The number of carbonyl (C=O) groups excluding carboxylic acids is 1. The number of carbonyl (C=O) groups is 1. The molecule has 1 fully saturated rings. The van der Waals surface area contributed by atoms with Crippen LogP contribution in [0, 0.1) is 23.6 Å². The lowest BCUT2D eigenvalue weighted by atomic mass is 9.82. The Bertz CT molecular complexity index is 858. The first-order valence-corrected chi connectivity index (χ1v) is 9.98. The van der Waals surface area contributed by atoms with Gasteiger partial charge in [0.25, 0.3) is 0 Å². The number of hydrogen-bond acceptors (Lipinski definition) is 5. The zero-order valence-electron chi connectivity index (χ0n) is 16.8. The fourth-order valence-corrected chi connectivity index (χ4v) is 3.94. The first-order valence-electron chi connectivity index (χ1n) is 9.98. The van der Waals surface area contributed by atoms with E-state index in [0.717, 1.165) is 25.7 Å². The smallest absolute Gasteiger partial charge is 0.337 e. The van der Waals surface area contributed by atoms with Crippen LogP contribution in [0.3, 0.4) is 0 Å². The van der Waals surface area contributed by atoms with Crippen molar-refractivity contribution in [3.8, 4) is 11.8 Å². The SMILES string of the molecule is CC1(C)OC(=O)C=C(CC(O)(C#Cc2ccc(CCO)c(F)c2)C2CCCC2)O1. The largest absolute Gasteiger partial charge is 0.457 e. The Labute approximate surface area is 170 Å². The number of aliphatic hydroxyl groups is 2. The molecule has 2 N–H and O–H groups in total. The predicted octanol–water partition coefficient (Wildman–Crippen LogP) is 3.22. The first-order chi connectivity index (χ1) is 13.7. The van der Waals surface area contributed by atoms with Gasteiger partial charge in [0, 0.05) is 32.4 Å². The maximum absolute atomic E-state index is 14.1. The second-order valence-corrected chi connectivity index (χ2v) is 8.15. The van der Waals surface area contributed by atoms with Crippen molar-refractivity contribution in [2.24, 2.45) is 5.92 Å². The molecule has 29 heavy (non-hydrogen) atoms. The van der Waals surface area contributed by atoms with Crippen molar-refractivity contribution < 1.29 is 28.9 Å². The van der Waals surface area contributed by atoms with E-state index in [-0.39, 0.29) is 25.4 Å². The van der Waals surface area contributed by atoms with Crippen molar-refractivity contribution in [2.45, 2.75) is 63.8 Å². The summed E-state index contributed by atoms with van der Waals surface area (Å²) in [6.45, 7) is 3.14. The molecule has 1 saturated carbocycles. The van der Waals surface area contributed by atoms with Gasteiger partial charge in [-0.15, -0.1) is 0 Å². The van der Waals surface area contributed by atoms with Gasteiger partial charge in [-0.2, -0.15) is 0 Å². The third-order valence-corrected chi connectivity index (χ3v) is 5.33. The normalized spacial score (nSPS) is 20.7. The molecule has 5 nitrogen and oxygen atoms in total. The van der Waals surface area contributed by atoms with Crippen molar-refractivity contribution in [1.82, 2.24) is 0 Å². The molecule has 1 aromatic carbocycles. The molecule has 0 saturated heterocycles. The van der Waals surface area contributed by atoms with Gasteiger partial charge >= 0.3 is 5.97 Å². The highest BCUT2D eigenvalue weighted by atomic mass is 19.1. The van der Waals surface area contributed by atoms with Crippen LogP contribution in [0.25, 0.3) is 0 Å². The minimum atomic E-state index is -1.39. The second kappa shape index (κ2) is 8.56. The Kier molecular flexibility index (Phi) is 6.30. The highest BCUT2D eigenvalue weighted by Crippen LogP contribution is 2.39. The summed E-state index contributed by atoms with van der Waals surface area (Å²) in [5, 5.41) is 20.4. The van der Waals surface area contributed by atoms with E-state index in [1.54, 1.807) is 26.0 Å². The molecule has 6 heteroatoms. The number of benzene rings is 1. The van der Waals surface area contributed by atoms with Gasteiger partial charge in [0.15, 0.2) is 0 Å². The van der Waals surface area contributed by atoms with Crippen LogP contribution >= 0.6 is 0 Å². The summed E-state index contributed by atoms with van der Waals surface area (Å²) in [5.41, 5.74) is -0.527. The lowest BCUT2D eigenvalue weighted by Crippen LogP contribution is -2.40. The lowest BCUT2D eigenvalue weighted by Gasteiger charge is -2.35. The van der Waals surface area contributed by atoms with E-state index in [2.05, 4.69) is 11.8 Å². The highest BCUT2D eigenvalue weighted by molar-refractivity contribution is 5.83. The molecule has 1 aromatic rings. The Morgan fingerprint density at radius 1 is 1.28 bits per heavy atom. The summed E-state index contributed by atoms with van der Waals surface area (Å²) in [6, 6.07) is 4.58. The third-order valence-electron chi connectivity index (χ3n) is 5.33. The van der Waals surface area contributed by atoms with Crippen molar-refractivity contribution in [3.63, 3.8) is 0 Å². The summed E-state index contributed by atoms with van der Waals surface area (Å²) in [7, 11) is 0. The zero-order valence-corrected chi connectivity index (χ0v) is 16.8. The number of rotatable bonds is 5. The molecule has 0 spiro atoms. The summed E-state index contributed by atoms with van der Waals surface area (Å²) < 4.78 is 25.0. The fourth-order valence-electron chi connectivity index (χ4n) is 3.94. The molecular formula is C23H27FO5. The van der Waals surface area contributed by atoms with E-state index < -0.39 is 23.2 Å². The van der Waals surface area contributed by atoms with Crippen molar-refractivity contribution >= 4 is 5.97 Å². The third kappa shape index (κ3) is 5.37. The molecule has 0 bridgehead atoms. The first kappa shape index (κ1) is 21.4. The van der Waals surface area contributed by atoms with E-state index in [1.165, 1.54) is 12.1 Å². The molecule has 1 unspecified atom stereocenters. The van der Waals surface area contributed by atoms with E-state index in [4.69, 9.17) is 14.6 Å². The quantitative estimate of drug-likeness (QED) is 0.584. The summed E-state index contributed by atoms with van der Waals surface area (Å²) in [6.07, 6.45) is 5.22. The van der Waals surface area contributed by atoms with Crippen LogP contribution in [-0.2, 0) is 20.7 Å². The standard InChI is InChI=1S/C23H27FO5/c1-22(2)28-19(14-21(26)29-22)15-23(27,18-5-3-4-6-18)11-9-16-7-8-17(10-12-25)20(24)13-16/h7-8,13-14,18,25,27H,3-6,10,12,15H2,1-2H3. The van der Waals surface area contributed by atoms with Crippen molar-refractivity contribution in [3.05, 3.63) is 47.0 Å². The Balaban J connectivity index is 1.87. The van der Waals surface area contributed by atoms with Gasteiger partial charge in [0.05, 0.1) is 6.08 Å². The molecular weight excluding hydrogens is 375 g/mol.